The smallest absolute Gasteiger partial charge is 0.272 e. The lowest BCUT2D eigenvalue weighted by atomic mass is 9.93. The molecule has 1 N–H and O–H groups in total. The van der Waals surface area contributed by atoms with E-state index in [-0.39, 0.29) is 30.7 Å². The van der Waals surface area contributed by atoms with Crippen LogP contribution in [0.4, 0.5) is 0 Å². The first-order valence-corrected chi connectivity index (χ1v) is 7.17. The topological polar surface area (TPSA) is 45.2 Å². The van der Waals surface area contributed by atoms with Gasteiger partial charge in [-0.3, -0.25) is 4.79 Å². The van der Waals surface area contributed by atoms with Gasteiger partial charge in [0, 0.05) is 29.8 Å². The summed E-state index contributed by atoms with van der Waals surface area (Å²) in [5.41, 5.74) is 0.544. The number of piperidine rings is 1. The predicted octanol–water partition coefficient (Wildman–Crippen LogP) is 2.51. The molecule has 0 bridgehead atoms. The highest BCUT2D eigenvalue weighted by Gasteiger charge is 2.34. The second-order valence-electron chi connectivity index (χ2n) is 5.01. The molecule has 20 heavy (non-hydrogen) atoms. The third-order valence-corrected chi connectivity index (χ3v) is 4.36. The predicted molar refractivity (Wildman–Crippen MR) is 86.9 cm³/mol. The highest BCUT2D eigenvalue weighted by molar-refractivity contribution is 9.10. The van der Waals surface area contributed by atoms with E-state index in [1.807, 2.05) is 11.0 Å². The number of carbonyl (C=O) groups excluding carboxylic acids is 1. The van der Waals surface area contributed by atoms with E-state index in [1.54, 1.807) is 12.3 Å². The van der Waals surface area contributed by atoms with Gasteiger partial charge in [-0.05, 0) is 53.4 Å². The minimum absolute atomic E-state index is 0. The molecule has 2 aliphatic heterocycles. The maximum atomic E-state index is 12.3. The molecule has 2 fully saturated rings. The molecule has 4 nitrogen and oxygen atoms in total. The molecule has 0 radical (unpaired) electrons. The number of aromatic nitrogens is 1. The Hall–Kier alpha value is -0.360. The number of hydrogen-bond donors (Lipinski definition) is 1. The van der Waals surface area contributed by atoms with Crippen LogP contribution in [0, 0.1) is 5.92 Å². The van der Waals surface area contributed by atoms with E-state index in [0.29, 0.717) is 17.7 Å². The normalized spacial score (nSPS) is 24.4. The zero-order valence-electron chi connectivity index (χ0n) is 10.9. The zero-order valence-corrected chi connectivity index (χ0v) is 14.1. The fraction of sp³-hybridized carbons (Fsp3) is 0.538. The van der Waals surface area contributed by atoms with Crippen LogP contribution in [0.3, 0.4) is 0 Å². The van der Waals surface area contributed by atoms with E-state index in [1.165, 1.54) is 6.42 Å². The number of nitrogens with zero attached hydrogens (tertiary/aromatic N) is 2. The highest BCUT2D eigenvalue weighted by atomic mass is 79.9. The molecule has 1 aromatic heterocycles. The van der Waals surface area contributed by atoms with Crippen molar-refractivity contribution in [2.24, 2.45) is 5.92 Å². The van der Waals surface area contributed by atoms with Crippen molar-refractivity contribution in [2.75, 3.05) is 19.6 Å². The SMILES string of the molecule is Cl.Cl.O=C(c1ccc(Br)cn1)N1CCC2NCCC2C1. The number of rotatable bonds is 1. The number of fused-ring (bicyclic) bond motifs is 1. The molecule has 2 saturated heterocycles. The molecule has 7 heteroatoms. The van der Waals surface area contributed by atoms with Crippen LogP contribution >= 0.6 is 40.7 Å². The summed E-state index contributed by atoms with van der Waals surface area (Å²) in [7, 11) is 0. The average Bonchev–Trinajstić information content (AvgIpc) is 2.86. The fourth-order valence-corrected chi connectivity index (χ4v) is 3.13. The van der Waals surface area contributed by atoms with Gasteiger partial charge in [-0.2, -0.15) is 0 Å². The van der Waals surface area contributed by atoms with Crippen LogP contribution in [0.25, 0.3) is 0 Å². The quantitative estimate of drug-likeness (QED) is 0.811. The Labute approximate surface area is 139 Å². The van der Waals surface area contributed by atoms with Gasteiger partial charge in [-0.25, -0.2) is 4.98 Å². The Bertz CT molecular complexity index is 457. The van der Waals surface area contributed by atoms with Gasteiger partial charge in [0.05, 0.1) is 0 Å². The summed E-state index contributed by atoms with van der Waals surface area (Å²) in [6.45, 7) is 2.80. The van der Waals surface area contributed by atoms with Crippen LogP contribution in [-0.2, 0) is 0 Å². The van der Waals surface area contributed by atoms with E-state index in [2.05, 4.69) is 26.2 Å². The molecule has 1 aromatic rings. The molecule has 0 spiro atoms. The molecule has 0 aliphatic carbocycles. The lowest BCUT2D eigenvalue weighted by molar-refractivity contribution is 0.0656. The summed E-state index contributed by atoms with van der Waals surface area (Å²) in [6.07, 6.45) is 3.92. The summed E-state index contributed by atoms with van der Waals surface area (Å²) in [6, 6.07) is 4.27. The second-order valence-corrected chi connectivity index (χ2v) is 5.93. The fourth-order valence-electron chi connectivity index (χ4n) is 2.90. The van der Waals surface area contributed by atoms with Crippen molar-refractivity contribution in [3.8, 4) is 0 Å². The minimum Gasteiger partial charge on any atom is -0.337 e. The molecule has 0 saturated carbocycles. The first-order valence-electron chi connectivity index (χ1n) is 6.38. The number of halogens is 3. The molecule has 3 heterocycles. The second kappa shape index (κ2) is 7.59. The molecule has 2 unspecified atom stereocenters. The number of likely N-dealkylation sites (tertiary alicyclic amines) is 1. The van der Waals surface area contributed by atoms with Crippen LogP contribution in [0.5, 0.6) is 0 Å². The van der Waals surface area contributed by atoms with Crippen LogP contribution in [-0.4, -0.2) is 41.5 Å². The zero-order chi connectivity index (χ0) is 12.5. The number of hydrogen-bond acceptors (Lipinski definition) is 3. The molecule has 112 valence electrons. The summed E-state index contributed by atoms with van der Waals surface area (Å²) < 4.78 is 0.901. The van der Waals surface area contributed by atoms with Crippen molar-refractivity contribution >= 4 is 46.7 Å². The number of carbonyl (C=O) groups is 1. The van der Waals surface area contributed by atoms with Crippen molar-refractivity contribution in [3.63, 3.8) is 0 Å². The molecular weight excluding hydrogens is 365 g/mol. The van der Waals surface area contributed by atoms with E-state index in [0.717, 1.165) is 30.5 Å². The lowest BCUT2D eigenvalue weighted by Gasteiger charge is -2.34. The highest BCUT2D eigenvalue weighted by Crippen LogP contribution is 2.25. The Morgan fingerprint density at radius 1 is 1.35 bits per heavy atom. The number of nitrogens with one attached hydrogen (secondary N) is 1. The third kappa shape index (κ3) is 3.64. The van der Waals surface area contributed by atoms with Gasteiger partial charge < -0.3 is 10.2 Å². The van der Waals surface area contributed by atoms with Gasteiger partial charge in [-0.15, -0.1) is 24.8 Å². The van der Waals surface area contributed by atoms with Gasteiger partial charge >= 0.3 is 0 Å². The summed E-state index contributed by atoms with van der Waals surface area (Å²) in [4.78, 5) is 18.5. The van der Waals surface area contributed by atoms with Crippen LogP contribution < -0.4 is 5.32 Å². The Balaban J connectivity index is 0.000001000. The van der Waals surface area contributed by atoms with Crippen molar-refractivity contribution in [1.82, 2.24) is 15.2 Å². The van der Waals surface area contributed by atoms with Crippen molar-refractivity contribution in [1.29, 1.82) is 0 Å². The monoisotopic (exact) mass is 381 g/mol. The summed E-state index contributed by atoms with van der Waals surface area (Å²) >= 11 is 3.33. The average molecular weight is 383 g/mol. The summed E-state index contributed by atoms with van der Waals surface area (Å²) in [5.74, 6) is 0.686. The number of amides is 1. The van der Waals surface area contributed by atoms with Crippen LogP contribution in [0.1, 0.15) is 23.3 Å². The maximum Gasteiger partial charge on any atom is 0.272 e. The lowest BCUT2D eigenvalue weighted by Crippen LogP contribution is -2.47. The molecule has 1 amide bonds. The van der Waals surface area contributed by atoms with E-state index in [4.69, 9.17) is 0 Å². The minimum atomic E-state index is 0. The third-order valence-electron chi connectivity index (χ3n) is 3.89. The van der Waals surface area contributed by atoms with Gasteiger partial charge in [-0.1, -0.05) is 0 Å². The van der Waals surface area contributed by atoms with Crippen LogP contribution in [0.2, 0.25) is 0 Å². The Morgan fingerprint density at radius 3 is 2.85 bits per heavy atom. The standard InChI is InChI=1S/C13H16BrN3O.2ClH/c14-10-1-2-12(16-7-10)13(18)17-6-4-11-9(8-17)3-5-15-11;;/h1-2,7,9,11,15H,3-6,8H2;2*1H. The molecule has 0 aromatic carbocycles. The first-order chi connectivity index (χ1) is 8.74. The van der Waals surface area contributed by atoms with Gasteiger partial charge in [0.2, 0.25) is 0 Å². The Kier molecular flexibility index (Phi) is 6.72. The summed E-state index contributed by atoms with van der Waals surface area (Å²) in [5, 5.41) is 3.51. The van der Waals surface area contributed by atoms with E-state index < -0.39 is 0 Å². The van der Waals surface area contributed by atoms with E-state index in [9.17, 15) is 4.79 Å². The largest absolute Gasteiger partial charge is 0.337 e. The molecule has 2 atom stereocenters. The molecule has 2 aliphatic rings. The van der Waals surface area contributed by atoms with Crippen molar-refractivity contribution in [2.45, 2.75) is 18.9 Å². The van der Waals surface area contributed by atoms with Crippen LogP contribution in [0.15, 0.2) is 22.8 Å². The Morgan fingerprint density at radius 2 is 2.15 bits per heavy atom. The van der Waals surface area contributed by atoms with E-state index >= 15 is 0 Å². The van der Waals surface area contributed by atoms with Gasteiger partial charge in [0.15, 0.2) is 0 Å². The van der Waals surface area contributed by atoms with Crippen molar-refractivity contribution in [3.05, 3.63) is 28.5 Å². The molecule has 3 rings (SSSR count). The number of pyridine rings is 1. The first kappa shape index (κ1) is 17.7. The molecular formula is C13H18BrCl2N3O. The maximum absolute atomic E-state index is 12.3. The van der Waals surface area contributed by atoms with Gasteiger partial charge in [0.25, 0.3) is 5.91 Å². The van der Waals surface area contributed by atoms with Gasteiger partial charge in [0.1, 0.15) is 5.69 Å². The van der Waals surface area contributed by atoms with Crippen molar-refractivity contribution < 1.29 is 4.79 Å².